The lowest BCUT2D eigenvalue weighted by atomic mass is 10.1. The van der Waals surface area contributed by atoms with E-state index >= 15 is 0 Å². The van der Waals surface area contributed by atoms with Gasteiger partial charge in [-0.2, -0.15) is 0 Å². The van der Waals surface area contributed by atoms with E-state index < -0.39 is 12.0 Å². The molecule has 1 aromatic carbocycles. The lowest BCUT2D eigenvalue weighted by Gasteiger charge is -2.17. The van der Waals surface area contributed by atoms with Crippen molar-refractivity contribution in [3.8, 4) is 0 Å². The molecule has 1 aliphatic rings. The molecule has 5 nitrogen and oxygen atoms in total. The van der Waals surface area contributed by atoms with E-state index in [0.717, 1.165) is 19.4 Å². The van der Waals surface area contributed by atoms with Crippen LogP contribution in [0, 0.1) is 0 Å². The SMILES string of the molecule is COC(=O)[C@@H](NC(=O)S[C@H]1CCCN1)c1ccccc1. The molecule has 2 N–H and O–H groups in total. The molecule has 2 atom stereocenters. The monoisotopic (exact) mass is 294 g/mol. The first-order valence-electron chi connectivity index (χ1n) is 6.54. The number of methoxy groups -OCH3 is 1. The highest BCUT2D eigenvalue weighted by atomic mass is 32.2. The van der Waals surface area contributed by atoms with Gasteiger partial charge >= 0.3 is 5.97 Å². The lowest BCUT2D eigenvalue weighted by Crippen LogP contribution is -2.34. The van der Waals surface area contributed by atoms with Gasteiger partial charge in [0.25, 0.3) is 5.24 Å². The fourth-order valence-electron chi connectivity index (χ4n) is 2.08. The minimum atomic E-state index is -0.761. The molecule has 0 unspecified atom stereocenters. The molecule has 6 heteroatoms. The third-order valence-electron chi connectivity index (χ3n) is 3.10. The predicted molar refractivity (Wildman–Crippen MR) is 78.3 cm³/mol. The summed E-state index contributed by atoms with van der Waals surface area (Å²) in [4.78, 5) is 23.8. The Morgan fingerprint density at radius 1 is 1.40 bits per heavy atom. The van der Waals surface area contributed by atoms with Crippen molar-refractivity contribution in [2.24, 2.45) is 0 Å². The predicted octanol–water partition coefficient (Wildman–Crippen LogP) is 2.05. The Morgan fingerprint density at radius 3 is 2.75 bits per heavy atom. The smallest absolute Gasteiger partial charge is 0.333 e. The first-order chi connectivity index (χ1) is 9.70. The number of benzene rings is 1. The number of esters is 1. The van der Waals surface area contributed by atoms with Gasteiger partial charge in [-0.1, -0.05) is 30.3 Å². The molecule has 1 aliphatic heterocycles. The van der Waals surface area contributed by atoms with Crippen LogP contribution in [0.15, 0.2) is 30.3 Å². The first kappa shape index (κ1) is 14.9. The Hall–Kier alpha value is -1.53. The molecule has 1 fully saturated rings. The van der Waals surface area contributed by atoms with Crippen molar-refractivity contribution >= 4 is 23.0 Å². The van der Waals surface area contributed by atoms with Crippen LogP contribution in [0.4, 0.5) is 4.79 Å². The number of hydrogen-bond acceptors (Lipinski definition) is 5. The fourth-order valence-corrected chi connectivity index (χ4v) is 3.01. The second-order valence-electron chi connectivity index (χ2n) is 4.50. The van der Waals surface area contributed by atoms with E-state index in [4.69, 9.17) is 4.74 Å². The topological polar surface area (TPSA) is 67.4 Å². The Balaban J connectivity index is 2.00. The molecule has 1 saturated heterocycles. The van der Waals surface area contributed by atoms with Crippen LogP contribution in [-0.2, 0) is 9.53 Å². The van der Waals surface area contributed by atoms with Crippen molar-refractivity contribution in [2.45, 2.75) is 24.3 Å². The van der Waals surface area contributed by atoms with E-state index in [1.54, 1.807) is 12.1 Å². The Morgan fingerprint density at radius 2 is 2.15 bits per heavy atom. The van der Waals surface area contributed by atoms with E-state index in [9.17, 15) is 9.59 Å². The van der Waals surface area contributed by atoms with Gasteiger partial charge in [-0.05, 0) is 36.7 Å². The minimum absolute atomic E-state index is 0.129. The second-order valence-corrected chi connectivity index (χ2v) is 5.68. The summed E-state index contributed by atoms with van der Waals surface area (Å²) < 4.78 is 4.76. The third kappa shape index (κ3) is 3.98. The highest BCUT2D eigenvalue weighted by Gasteiger charge is 2.25. The molecule has 0 radical (unpaired) electrons. The van der Waals surface area contributed by atoms with Crippen molar-refractivity contribution in [1.82, 2.24) is 10.6 Å². The van der Waals surface area contributed by atoms with Crippen molar-refractivity contribution < 1.29 is 14.3 Å². The molecule has 108 valence electrons. The average Bonchev–Trinajstić information content (AvgIpc) is 2.97. The zero-order valence-corrected chi connectivity index (χ0v) is 12.1. The van der Waals surface area contributed by atoms with Crippen molar-refractivity contribution in [2.75, 3.05) is 13.7 Å². The van der Waals surface area contributed by atoms with Crippen LogP contribution in [-0.4, -0.2) is 30.2 Å². The fraction of sp³-hybridized carbons (Fsp3) is 0.429. The highest BCUT2D eigenvalue weighted by Crippen LogP contribution is 2.21. The van der Waals surface area contributed by atoms with Crippen LogP contribution in [0.5, 0.6) is 0 Å². The Bertz CT molecular complexity index is 461. The summed E-state index contributed by atoms with van der Waals surface area (Å²) >= 11 is 1.19. The van der Waals surface area contributed by atoms with Crippen LogP contribution in [0.25, 0.3) is 0 Å². The molecule has 1 aromatic rings. The molecule has 0 saturated carbocycles. The molecule has 1 heterocycles. The van der Waals surface area contributed by atoms with Gasteiger partial charge in [-0.15, -0.1) is 0 Å². The first-order valence-corrected chi connectivity index (χ1v) is 7.42. The van der Waals surface area contributed by atoms with Gasteiger partial charge in [0.15, 0.2) is 6.04 Å². The minimum Gasteiger partial charge on any atom is -0.467 e. The highest BCUT2D eigenvalue weighted by molar-refractivity contribution is 8.14. The van der Waals surface area contributed by atoms with Crippen LogP contribution < -0.4 is 10.6 Å². The van der Waals surface area contributed by atoms with Crippen molar-refractivity contribution in [3.05, 3.63) is 35.9 Å². The molecule has 20 heavy (non-hydrogen) atoms. The maximum Gasteiger partial charge on any atom is 0.333 e. The molecule has 0 aliphatic carbocycles. The van der Waals surface area contributed by atoms with Crippen molar-refractivity contribution in [3.63, 3.8) is 0 Å². The van der Waals surface area contributed by atoms with E-state index in [1.807, 2.05) is 18.2 Å². The number of thioether (sulfide) groups is 1. The van der Waals surface area contributed by atoms with Gasteiger partial charge in [0, 0.05) is 0 Å². The van der Waals surface area contributed by atoms with Crippen LogP contribution >= 0.6 is 11.8 Å². The van der Waals surface area contributed by atoms with E-state index in [2.05, 4.69) is 10.6 Å². The summed E-state index contributed by atoms with van der Waals surface area (Å²) in [5.41, 5.74) is 0.715. The van der Waals surface area contributed by atoms with Crippen LogP contribution in [0.1, 0.15) is 24.4 Å². The summed E-state index contributed by atoms with van der Waals surface area (Å²) in [6.07, 6.45) is 2.04. The molecule has 1 amide bonds. The zero-order chi connectivity index (χ0) is 14.4. The van der Waals surface area contributed by atoms with E-state index in [1.165, 1.54) is 18.9 Å². The quantitative estimate of drug-likeness (QED) is 0.832. The van der Waals surface area contributed by atoms with Gasteiger partial charge in [0.05, 0.1) is 12.5 Å². The molecule has 0 aromatic heterocycles. The number of hydrogen-bond donors (Lipinski definition) is 2. The van der Waals surface area contributed by atoms with Gasteiger partial charge < -0.3 is 15.4 Å². The van der Waals surface area contributed by atoms with E-state index in [0.29, 0.717) is 5.56 Å². The number of nitrogens with one attached hydrogen (secondary N) is 2. The van der Waals surface area contributed by atoms with Crippen LogP contribution in [0.3, 0.4) is 0 Å². The summed E-state index contributed by atoms with van der Waals surface area (Å²) in [7, 11) is 1.32. The number of carbonyl (C=O) groups is 2. The standard InChI is InChI=1S/C14H18N2O3S/c1-19-13(17)12(10-6-3-2-4-7-10)16-14(18)20-11-8-5-9-15-11/h2-4,6-7,11-12,15H,5,8-9H2,1H3,(H,16,18)/t11-,12-/m0/s1. The summed E-state index contributed by atoms with van der Waals surface area (Å²) in [5, 5.41) is 5.86. The van der Waals surface area contributed by atoms with Gasteiger partial charge in [0.1, 0.15) is 0 Å². The number of ether oxygens (including phenoxy) is 1. The lowest BCUT2D eigenvalue weighted by molar-refractivity contribution is -0.142. The van der Waals surface area contributed by atoms with Gasteiger partial charge in [-0.25, -0.2) is 4.79 Å². The Kier molecular flexibility index (Phi) is 5.43. The van der Waals surface area contributed by atoms with E-state index in [-0.39, 0.29) is 10.6 Å². The number of rotatable bonds is 4. The van der Waals surface area contributed by atoms with Crippen molar-refractivity contribution in [1.29, 1.82) is 0 Å². The molecular formula is C14H18N2O3S. The third-order valence-corrected chi connectivity index (χ3v) is 4.12. The molecule has 0 bridgehead atoms. The average molecular weight is 294 g/mol. The number of amides is 1. The summed E-state index contributed by atoms with van der Waals surface area (Å²) in [5.74, 6) is -0.468. The van der Waals surface area contributed by atoms with Gasteiger partial charge in [0.2, 0.25) is 0 Å². The second kappa shape index (κ2) is 7.31. The normalized spacial score (nSPS) is 19.4. The molecular weight excluding hydrogens is 276 g/mol. The summed E-state index contributed by atoms with van der Waals surface area (Å²) in [6, 6.07) is 8.33. The van der Waals surface area contributed by atoms with Crippen LogP contribution in [0.2, 0.25) is 0 Å². The number of carbonyl (C=O) groups excluding carboxylic acids is 2. The molecule has 0 spiro atoms. The maximum absolute atomic E-state index is 12.0. The Labute approximate surface area is 122 Å². The zero-order valence-electron chi connectivity index (χ0n) is 11.3. The molecule has 2 rings (SSSR count). The van der Waals surface area contributed by atoms with Gasteiger partial charge in [-0.3, -0.25) is 4.79 Å². The summed E-state index contributed by atoms with van der Waals surface area (Å²) in [6.45, 7) is 0.935. The maximum atomic E-state index is 12.0. The largest absolute Gasteiger partial charge is 0.467 e.